The highest BCUT2D eigenvalue weighted by atomic mass is 32.2. The van der Waals surface area contributed by atoms with Crippen molar-refractivity contribution in [1.29, 1.82) is 0 Å². The summed E-state index contributed by atoms with van der Waals surface area (Å²) >= 11 is 1.36. The van der Waals surface area contributed by atoms with Crippen LogP contribution in [0.15, 0.2) is 72.4 Å². The molecule has 0 fully saturated rings. The van der Waals surface area contributed by atoms with Crippen LogP contribution in [0.4, 0.5) is 0 Å². The summed E-state index contributed by atoms with van der Waals surface area (Å²) in [5, 5.41) is 9.32. The van der Waals surface area contributed by atoms with Crippen molar-refractivity contribution in [2.45, 2.75) is 30.8 Å². The fraction of sp³-hybridized carbons (Fsp3) is 0.292. The highest BCUT2D eigenvalue weighted by Gasteiger charge is 2.28. The Balaban J connectivity index is 1.45. The van der Waals surface area contributed by atoms with Crippen molar-refractivity contribution in [3.63, 3.8) is 0 Å². The largest absolute Gasteiger partial charge is 0.485 e. The maximum atomic E-state index is 12.8. The van der Waals surface area contributed by atoms with Gasteiger partial charge in [0, 0.05) is 13.6 Å². The molecule has 1 aliphatic rings. The van der Waals surface area contributed by atoms with Gasteiger partial charge in [0.05, 0.1) is 11.8 Å². The number of hydrogen-bond donors (Lipinski definition) is 0. The molecule has 2 unspecified atom stereocenters. The van der Waals surface area contributed by atoms with Crippen LogP contribution in [-0.2, 0) is 11.3 Å². The molecule has 32 heavy (non-hydrogen) atoms. The molecule has 8 heteroatoms. The molecule has 0 aliphatic carbocycles. The molecular weight excluding hydrogens is 424 g/mol. The Labute approximate surface area is 192 Å². The van der Waals surface area contributed by atoms with Crippen LogP contribution in [-0.4, -0.2) is 45.0 Å². The van der Waals surface area contributed by atoms with E-state index in [0.29, 0.717) is 35.6 Å². The summed E-state index contributed by atoms with van der Waals surface area (Å²) in [4.78, 5) is 14.6. The topological polar surface area (TPSA) is 69.5 Å². The second-order valence-electron chi connectivity index (χ2n) is 7.48. The van der Waals surface area contributed by atoms with Crippen molar-refractivity contribution in [1.82, 2.24) is 19.7 Å². The van der Waals surface area contributed by atoms with Gasteiger partial charge < -0.3 is 14.4 Å². The van der Waals surface area contributed by atoms with Crippen molar-refractivity contribution < 1.29 is 14.3 Å². The normalized spacial score (nSPS) is 15.8. The lowest BCUT2D eigenvalue weighted by Crippen LogP contribution is -2.31. The lowest BCUT2D eigenvalue weighted by Gasteiger charge is -2.26. The third kappa shape index (κ3) is 4.65. The van der Waals surface area contributed by atoms with Gasteiger partial charge in [-0.05, 0) is 24.6 Å². The van der Waals surface area contributed by atoms with Crippen molar-refractivity contribution in [2.24, 2.45) is 0 Å². The molecule has 3 aromatic rings. The molecule has 0 spiro atoms. The number of ether oxygens (including phenoxy) is 2. The highest BCUT2D eigenvalue weighted by molar-refractivity contribution is 7.99. The first-order valence-corrected chi connectivity index (χ1v) is 11.4. The van der Waals surface area contributed by atoms with E-state index in [0.717, 1.165) is 5.56 Å². The molecule has 0 bridgehead atoms. The number of thioether (sulfide) groups is 1. The number of allylic oxidation sites excluding steroid dienone is 1. The van der Waals surface area contributed by atoms with Crippen molar-refractivity contribution in [3.8, 4) is 11.5 Å². The van der Waals surface area contributed by atoms with E-state index in [1.54, 1.807) is 11.0 Å². The van der Waals surface area contributed by atoms with Gasteiger partial charge in [0.2, 0.25) is 5.91 Å². The van der Waals surface area contributed by atoms with Crippen LogP contribution >= 0.6 is 11.8 Å². The molecule has 1 aliphatic heterocycles. The van der Waals surface area contributed by atoms with Gasteiger partial charge in [-0.15, -0.1) is 16.8 Å². The van der Waals surface area contributed by atoms with Crippen LogP contribution in [0, 0.1) is 0 Å². The number of benzene rings is 2. The van der Waals surface area contributed by atoms with Crippen molar-refractivity contribution in [2.75, 3.05) is 19.4 Å². The average Bonchev–Trinajstić information content (AvgIpc) is 3.24. The third-order valence-electron chi connectivity index (χ3n) is 5.43. The Hall–Kier alpha value is -3.26. The van der Waals surface area contributed by atoms with Gasteiger partial charge in [0.15, 0.2) is 28.6 Å². The van der Waals surface area contributed by atoms with E-state index in [2.05, 4.69) is 16.8 Å². The van der Waals surface area contributed by atoms with E-state index in [1.807, 2.05) is 73.1 Å². The van der Waals surface area contributed by atoms with E-state index >= 15 is 0 Å². The zero-order chi connectivity index (χ0) is 22.5. The number of carbonyl (C=O) groups is 1. The van der Waals surface area contributed by atoms with Gasteiger partial charge in [0.25, 0.3) is 0 Å². The molecule has 0 saturated heterocycles. The molecule has 2 atom stereocenters. The van der Waals surface area contributed by atoms with Gasteiger partial charge in [-0.2, -0.15) is 0 Å². The Morgan fingerprint density at radius 2 is 1.94 bits per heavy atom. The number of fused-ring (bicyclic) bond motifs is 1. The Bertz CT molecular complexity index is 1090. The number of para-hydroxylation sites is 2. The molecule has 0 N–H and O–H groups in total. The quantitative estimate of drug-likeness (QED) is 0.377. The number of nitrogens with zero attached hydrogens (tertiary/aromatic N) is 4. The first-order valence-electron chi connectivity index (χ1n) is 10.4. The molecule has 4 rings (SSSR count). The summed E-state index contributed by atoms with van der Waals surface area (Å²) in [6.45, 7) is 6.72. The van der Waals surface area contributed by atoms with Crippen LogP contribution in [0.25, 0.3) is 0 Å². The van der Waals surface area contributed by atoms with Crippen molar-refractivity contribution in [3.05, 3.63) is 78.6 Å². The van der Waals surface area contributed by atoms with E-state index in [4.69, 9.17) is 9.47 Å². The highest BCUT2D eigenvalue weighted by Crippen LogP contribution is 2.36. The molecule has 1 aromatic heterocycles. The van der Waals surface area contributed by atoms with Gasteiger partial charge in [0.1, 0.15) is 6.61 Å². The van der Waals surface area contributed by atoms with Crippen LogP contribution in [0.2, 0.25) is 0 Å². The minimum absolute atomic E-state index is 0.0150. The Kier molecular flexibility index (Phi) is 6.80. The monoisotopic (exact) mass is 450 g/mol. The van der Waals surface area contributed by atoms with Crippen LogP contribution in [0.3, 0.4) is 0 Å². The fourth-order valence-electron chi connectivity index (χ4n) is 3.49. The van der Waals surface area contributed by atoms with Gasteiger partial charge >= 0.3 is 0 Å². The van der Waals surface area contributed by atoms with E-state index in [-0.39, 0.29) is 23.8 Å². The van der Waals surface area contributed by atoms with Crippen LogP contribution < -0.4 is 9.47 Å². The lowest BCUT2D eigenvalue weighted by atomic mass is 10.1. The number of hydrogen-bond acceptors (Lipinski definition) is 6. The fourth-order valence-corrected chi connectivity index (χ4v) is 4.37. The van der Waals surface area contributed by atoms with Gasteiger partial charge in [-0.25, -0.2) is 0 Å². The molecular formula is C24H26N4O3S. The molecule has 2 heterocycles. The summed E-state index contributed by atoms with van der Waals surface area (Å²) in [5.74, 6) is 2.33. The molecule has 1 amide bonds. The Morgan fingerprint density at radius 3 is 2.69 bits per heavy atom. The predicted octanol–water partition coefficient (Wildman–Crippen LogP) is 4.29. The summed E-state index contributed by atoms with van der Waals surface area (Å²) < 4.78 is 13.9. The first-order chi connectivity index (χ1) is 15.6. The number of rotatable bonds is 8. The standard InChI is InChI=1S/C24H26N4O3S/c1-4-14-28-23(21-15-30-19-12-8-9-13-20(19)31-21)25-26-24(28)32-16-22(29)27(3)17(2)18-10-6-5-7-11-18/h4-13,17,21H,1,14-16H2,2-3H3. The minimum atomic E-state index is -0.386. The molecule has 2 aromatic carbocycles. The predicted molar refractivity (Wildman–Crippen MR) is 124 cm³/mol. The van der Waals surface area contributed by atoms with Crippen molar-refractivity contribution >= 4 is 17.7 Å². The summed E-state index contributed by atoms with van der Waals surface area (Å²) in [5.41, 5.74) is 1.10. The average molecular weight is 451 g/mol. The molecule has 7 nitrogen and oxygen atoms in total. The molecule has 0 saturated carbocycles. The minimum Gasteiger partial charge on any atom is -0.485 e. The zero-order valence-corrected chi connectivity index (χ0v) is 19.0. The second kappa shape index (κ2) is 9.91. The number of amides is 1. The maximum absolute atomic E-state index is 12.8. The zero-order valence-electron chi connectivity index (χ0n) is 18.2. The second-order valence-corrected chi connectivity index (χ2v) is 8.43. The summed E-state index contributed by atoms with van der Waals surface area (Å²) in [7, 11) is 1.82. The maximum Gasteiger partial charge on any atom is 0.233 e. The smallest absolute Gasteiger partial charge is 0.233 e. The lowest BCUT2D eigenvalue weighted by molar-refractivity contribution is -0.128. The SMILES string of the molecule is C=CCn1c(SCC(=O)N(C)C(C)c2ccccc2)nnc1C1COc2ccccc2O1. The summed E-state index contributed by atoms with van der Waals surface area (Å²) in [6.07, 6.45) is 1.39. The molecule has 166 valence electrons. The van der Waals surface area contributed by atoms with E-state index in [1.165, 1.54) is 11.8 Å². The van der Waals surface area contributed by atoms with E-state index < -0.39 is 0 Å². The summed E-state index contributed by atoms with van der Waals surface area (Å²) in [6, 6.07) is 17.5. The van der Waals surface area contributed by atoms with Gasteiger partial charge in [-0.3, -0.25) is 9.36 Å². The van der Waals surface area contributed by atoms with E-state index in [9.17, 15) is 4.79 Å². The third-order valence-corrected chi connectivity index (χ3v) is 6.39. The van der Waals surface area contributed by atoms with Crippen LogP contribution in [0.1, 0.15) is 30.5 Å². The van der Waals surface area contributed by atoms with Gasteiger partial charge in [-0.1, -0.05) is 60.3 Å². The molecule has 0 radical (unpaired) electrons. The van der Waals surface area contributed by atoms with Crippen LogP contribution in [0.5, 0.6) is 11.5 Å². The number of aromatic nitrogens is 3. The Morgan fingerprint density at radius 1 is 1.22 bits per heavy atom. The first kappa shape index (κ1) is 22.0. The number of carbonyl (C=O) groups excluding carboxylic acids is 1.